The lowest BCUT2D eigenvalue weighted by atomic mass is 10.0. The summed E-state index contributed by atoms with van der Waals surface area (Å²) in [5, 5.41) is 3.84. The lowest BCUT2D eigenvalue weighted by molar-refractivity contribution is 0.431. The van der Waals surface area contributed by atoms with Gasteiger partial charge in [0.05, 0.1) is 0 Å². The highest BCUT2D eigenvalue weighted by Crippen LogP contribution is 2.14. The van der Waals surface area contributed by atoms with Gasteiger partial charge in [0.2, 0.25) is 0 Å². The van der Waals surface area contributed by atoms with Gasteiger partial charge in [0, 0.05) is 6.04 Å². The summed E-state index contributed by atoms with van der Waals surface area (Å²) in [4.78, 5) is 0. The Kier molecular flexibility index (Phi) is 29.0. The first-order valence-electron chi connectivity index (χ1n) is 15.6. The molecule has 1 nitrogen and oxygen atoms in total. The topological polar surface area (TPSA) is 12.0 Å². The van der Waals surface area contributed by atoms with Crippen LogP contribution in [0.15, 0.2) is 0 Å². The molecule has 0 aromatic carbocycles. The molecule has 0 saturated heterocycles. The lowest BCUT2D eigenvalue weighted by Crippen LogP contribution is -2.29. The standard InChI is InChI=1S/C31H65N/c1-4-7-9-11-13-15-17-19-21-23-25-27-29-31(6-3)32-30-28-26-24-22-20-18-16-14-12-10-8-5-2/h31-32H,4-30H2,1-3H3. The Bertz CT molecular complexity index is 314. The predicted octanol–water partition coefficient (Wildman–Crippen LogP) is 11.1. The third-order valence-corrected chi connectivity index (χ3v) is 7.36. The zero-order chi connectivity index (χ0) is 23.4. The third-order valence-electron chi connectivity index (χ3n) is 7.36. The minimum Gasteiger partial charge on any atom is -0.314 e. The van der Waals surface area contributed by atoms with Crippen LogP contribution in [0, 0.1) is 0 Å². The molecule has 0 aliphatic heterocycles. The van der Waals surface area contributed by atoms with Crippen molar-refractivity contribution in [3.63, 3.8) is 0 Å². The number of hydrogen-bond donors (Lipinski definition) is 1. The van der Waals surface area contributed by atoms with Crippen molar-refractivity contribution < 1.29 is 0 Å². The Balaban J connectivity index is 3.26. The maximum atomic E-state index is 3.84. The van der Waals surface area contributed by atoms with Crippen LogP contribution in [-0.2, 0) is 0 Å². The van der Waals surface area contributed by atoms with Gasteiger partial charge in [-0.15, -0.1) is 0 Å². The normalized spacial score (nSPS) is 12.5. The molecular formula is C31H65N. The highest BCUT2D eigenvalue weighted by molar-refractivity contribution is 4.65. The van der Waals surface area contributed by atoms with Gasteiger partial charge < -0.3 is 5.32 Å². The Labute approximate surface area is 205 Å². The average Bonchev–Trinajstić information content (AvgIpc) is 2.81. The molecule has 32 heavy (non-hydrogen) atoms. The molecule has 0 spiro atoms. The zero-order valence-corrected chi connectivity index (χ0v) is 23.2. The van der Waals surface area contributed by atoms with E-state index in [9.17, 15) is 0 Å². The van der Waals surface area contributed by atoms with Crippen LogP contribution in [0.5, 0.6) is 0 Å². The highest BCUT2D eigenvalue weighted by atomic mass is 14.9. The quantitative estimate of drug-likeness (QED) is 0.117. The van der Waals surface area contributed by atoms with Crippen LogP contribution in [0.2, 0.25) is 0 Å². The highest BCUT2D eigenvalue weighted by Gasteiger charge is 2.04. The first-order chi connectivity index (χ1) is 15.8. The van der Waals surface area contributed by atoms with Gasteiger partial charge in [0.1, 0.15) is 0 Å². The van der Waals surface area contributed by atoms with Gasteiger partial charge in [0.25, 0.3) is 0 Å². The molecule has 0 aromatic heterocycles. The van der Waals surface area contributed by atoms with Crippen molar-refractivity contribution in [3.05, 3.63) is 0 Å². The number of unbranched alkanes of at least 4 members (excludes halogenated alkanes) is 22. The largest absolute Gasteiger partial charge is 0.314 e. The second-order valence-corrected chi connectivity index (χ2v) is 10.6. The first kappa shape index (κ1) is 32.0. The molecule has 0 radical (unpaired) electrons. The number of rotatable bonds is 28. The summed E-state index contributed by atoms with van der Waals surface area (Å²) in [5.74, 6) is 0. The molecule has 0 bridgehead atoms. The van der Waals surface area contributed by atoms with Crippen LogP contribution >= 0.6 is 0 Å². The van der Waals surface area contributed by atoms with Crippen LogP contribution in [0.4, 0.5) is 0 Å². The fraction of sp³-hybridized carbons (Fsp3) is 1.00. The maximum Gasteiger partial charge on any atom is 0.00644 e. The molecule has 0 aromatic rings. The van der Waals surface area contributed by atoms with Gasteiger partial charge in [-0.25, -0.2) is 0 Å². The van der Waals surface area contributed by atoms with Crippen molar-refractivity contribution in [1.29, 1.82) is 0 Å². The van der Waals surface area contributed by atoms with Gasteiger partial charge in [-0.3, -0.25) is 0 Å². The zero-order valence-electron chi connectivity index (χ0n) is 23.2. The van der Waals surface area contributed by atoms with E-state index in [0.29, 0.717) is 0 Å². The third kappa shape index (κ3) is 26.2. The van der Waals surface area contributed by atoms with Crippen LogP contribution in [-0.4, -0.2) is 12.6 Å². The van der Waals surface area contributed by atoms with E-state index < -0.39 is 0 Å². The molecule has 1 atom stereocenters. The van der Waals surface area contributed by atoms with Gasteiger partial charge >= 0.3 is 0 Å². The Morgan fingerprint density at radius 3 is 1.03 bits per heavy atom. The minimum absolute atomic E-state index is 0.769. The van der Waals surface area contributed by atoms with Crippen molar-refractivity contribution in [2.45, 2.75) is 194 Å². The van der Waals surface area contributed by atoms with Gasteiger partial charge in [-0.1, -0.05) is 168 Å². The molecule has 0 rings (SSSR count). The van der Waals surface area contributed by atoms with Crippen LogP contribution in [0.1, 0.15) is 188 Å². The van der Waals surface area contributed by atoms with Crippen molar-refractivity contribution in [2.24, 2.45) is 0 Å². The second kappa shape index (κ2) is 29.0. The minimum atomic E-state index is 0.769. The fourth-order valence-corrected chi connectivity index (χ4v) is 4.95. The molecule has 1 N–H and O–H groups in total. The summed E-state index contributed by atoms with van der Waals surface area (Å²) in [7, 11) is 0. The average molecular weight is 452 g/mol. The van der Waals surface area contributed by atoms with Crippen molar-refractivity contribution in [1.82, 2.24) is 5.32 Å². The summed E-state index contributed by atoms with van der Waals surface area (Å²) in [6, 6.07) is 0.769. The molecule has 1 heteroatoms. The molecule has 194 valence electrons. The molecule has 0 fully saturated rings. The van der Waals surface area contributed by atoms with Gasteiger partial charge in [-0.2, -0.15) is 0 Å². The van der Waals surface area contributed by atoms with Crippen LogP contribution in [0.3, 0.4) is 0 Å². The smallest absolute Gasteiger partial charge is 0.00644 e. The fourth-order valence-electron chi connectivity index (χ4n) is 4.95. The lowest BCUT2D eigenvalue weighted by Gasteiger charge is -2.17. The Hall–Kier alpha value is -0.0400. The van der Waals surface area contributed by atoms with E-state index in [4.69, 9.17) is 0 Å². The Morgan fingerprint density at radius 2 is 0.688 bits per heavy atom. The monoisotopic (exact) mass is 452 g/mol. The number of hydrogen-bond acceptors (Lipinski definition) is 1. The van der Waals surface area contributed by atoms with Crippen LogP contribution in [0.25, 0.3) is 0 Å². The molecule has 0 saturated carbocycles. The summed E-state index contributed by atoms with van der Waals surface area (Å²) in [6.07, 6.45) is 37.5. The molecular weight excluding hydrogens is 386 g/mol. The molecule has 0 aliphatic carbocycles. The van der Waals surface area contributed by atoms with E-state index in [1.807, 2.05) is 0 Å². The summed E-state index contributed by atoms with van der Waals surface area (Å²) < 4.78 is 0. The first-order valence-corrected chi connectivity index (χ1v) is 15.6. The van der Waals surface area contributed by atoms with Crippen molar-refractivity contribution in [2.75, 3.05) is 6.54 Å². The van der Waals surface area contributed by atoms with Gasteiger partial charge in [-0.05, 0) is 25.8 Å². The SMILES string of the molecule is CCCCCCCCCCCCCCNC(CC)CCCCCCCCCCCCCC. The Morgan fingerprint density at radius 1 is 0.375 bits per heavy atom. The predicted molar refractivity (Wildman–Crippen MR) is 149 cm³/mol. The summed E-state index contributed by atoms with van der Waals surface area (Å²) in [5.41, 5.74) is 0. The van der Waals surface area contributed by atoms with Crippen molar-refractivity contribution >= 4 is 0 Å². The molecule has 0 aliphatic rings. The van der Waals surface area contributed by atoms with E-state index in [-0.39, 0.29) is 0 Å². The second-order valence-electron chi connectivity index (χ2n) is 10.6. The molecule has 1 unspecified atom stereocenters. The van der Waals surface area contributed by atoms with E-state index >= 15 is 0 Å². The molecule has 0 amide bonds. The van der Waals surface area contributed by atoms with Crippen molar-refractivity contribution in [3.8, 4) is 0 Å². The van der Waals surface area contributed by atoms with Gasteiger partial charge in [0.15, 0.2) is 0 Å². The summed E-state index contributed by atoms with van der Waals surface area (Å²) >= 11 is 0. The maximum absolute atomic E-state index is 3.84. The number of nitrogens with one attached hydrogen (secondary N) is 1. The molecule has 0 heterocycles. The summed E-state index contributed by atoms with van der Waals surface area (Å²) in [6.45, 7) is 8.21. The van der Waals surface area contributed by atoms with E-state index in [1.54, 1.807) is 0 Å². The van der Waals surface area contributed by atoms with E-state index in [1.165, 1.54) is 173 Å². The van der Waals surface area contributed by atoms with Crippen LogP contribution < -0.4 is 5.32 Å². The van der Waals surface area contributed by atoms with E-state index in [2.05, 4.69) is 26.1 Å². The van der Waals surface area contributed by atoms with E-state index in [0.717, 1.165) is 6.04 Å².